The summed E-state index contributed by atoms with van der Waals surface area (Å²) in [6.45, 7) is 6.46. The summed E-state index contributed by atoms with van der Waals surface area (Å²) >= 11 is 2.28. The van der Waals surface area contributed by atoms with Gasteiger partial charge in [-0.15, -0.1) is 6.42 Å². The normalized spacial score (nSPS) is 14.3. The van der Waals surface area contributed by atoms with Crippen LogP contribution in [0.5, 0.6) is 0 Å². The Labute approximate surface area is 260 Å². The number of hydrogen-bond acceptors (Lipinski definition) is 8. The van der Waals surface area contributed by atoms with E-state index < -0.39 is 0 Å². The Morgan fingerprint density at radius 2 is 1.93 bits per heavy atom. The number of thioether (sulfide) groups is 1. The molecule has 1 fully saturated rings. The summed E-state index contributed by atoms with van der Waals surface area (Å²) in [6.07, 6.45) is 10.9. The van der Waals surface area contributed by atoms with E-state index in [4.69, 9.17) is 15.8 Å². The number of imide groups is 1. The van der Waals surface area contributed by atoms with Gasteiger partial charge in [0.05, 0.1) is 29.0 Å². The lowest BCUT2D eigenvalue weighted by molar-refractivity contribution is -0.134. The summed E-state index contributed by atoms with van der Waals surface area (Å²) in [5, 5.41) is 1.06. The Bertz CT molecular complexity index is 1560. The molecule has 3 aromatic rings. The molecule has 1 aliphatic rings. The Hall–Kier alpha value is -3.75. The van der Waals surface area contributed by atoms with Crippen LogP contribution in [0.2, 0.25) is 0 Å². The highest BCUT2D eigenvalue weighted by molar-refractivity contribution is 8.18. The summed E-state index contributed by atoms with van der Waals surface area (Å²) in [6, 6.07) is 11.2. The van der Waals surface area contributed by atoms with Crippen molar-refractivity contribution in [3.8, 4) is 12.3 Å². The maximum atomic E-state index is 12.7. The largest absolute Gasteiger partial charge is 0.450 e. The second kappa shape index (κ2) is 15.1. The van der Waals surface area contributed by atoms with E-state index in [9.17, 15) is 19.2 Å². The van der Waals surface area contributed by atoms with E-state index in [-0.39, 0.29) is 42.0 Å². The van der Waals surface area contributed by atoms with Gasteiger partial charge in [-0.2, -0.15) is 0 Å². The van der Waals surface area contributed by atoms with Gasteiger partial charge in [0.2, 0.25) is 5.91 Å². The molecule has 1 saturated heterocycles. The Kier molecular flexibility index (Phi) is 11.3. The molecule has 4 rings (SSSR count). The first-order valence-electron chi connectivity index (χ1n) is 14.4. The van der Waals surface area contributed by atoms with E-state index in [1.165, 1.54) is 21.6 Å². The minimum atomic E-state index is -0.317. The number of rotatable bonds is 15. The number of carbonyl (C=O) groups is 4. The van der Waals surface area contributed by atoms with Crippen molar-refractivity contribution in [2.24, 2.45) is 0 Å². The van der Waals surface area contributed by atoms with Crippen LogP contribution in [0, 0.1) is 12.3 Å². The van der Waals surface area contributed by atoms with Crippen LogP contribution in [0.4, 0.5) is 4.79 Å². The van der Waals surface area contributed by atoms with E-state index in [1.54, 1.807) is 26.0 Å². The number of amides is 3. The Morgan fingerprint density at radius 1 is 1.14 bits per heavy atom. The zero-order valence-electron chi connectivity index (χ0n) is 24.7. The minimum absolute atomic E-state index is 0.000423. The maximum Gasteiger partial charge on any atom is 0.293 e. The number of nitrogens with zero attached hydrogens (tertiary/aromatic N) is 4. The monoisotopic (exact) mass is 620 g/mol. The first-order valence-corrected chi connectivity index (χ1v) is 16.1. The third-order valence-corrected chi connectivity index (χ3v) is 8.66. The van der Waals surface area contributed by atoms with Gasteiger partial charge >= 0.3 is 0 Å². The molecular weight excluding hydrogens is 585 g/mol. The first kappa shape index (κ1) is 32.2. The molecule has 0 N–H and O–H groups in total. The van der Waals surface area contributed by atoms with Crippen molar-refractivity contribution in [2.45, 2.75) is 82.1 Å². The molecule has 0 aliphatic carbocycles. The number of carbonyl (C=O) groups excluding carboxylic acids is 4. The van der Waals surface area contributed by atoms with Crippen molar-refractivity contribution in [3.63, 3.8) is 0 Å². The minimum Gasteiger partial charge on any atom is -0.450 e. The molecule has 1 aromatic carbocycles. The van der Waals surface area contributed by atoms with Gasteiger partial charge in [0.1, 0.15) is 5.76 Å². The molecule has 0 unspecified atom stereocenters. The van der Waals surface area contributed by atoms with E-state index in [2.05, 4.69) is 10.5 Å². The van der Waals surface area contributed by atoms with Gasteiger partial charge in [0, 0.05) is 31.5 Å². The topological polar surface area (TPSA) is 106 Å². The number of aryl methyl sites for hydroxylation is 1. The summed E-state index contributed by atoms with van der Waals surface area (Å²) in [4.78, 5) is 57.8. The number of imidazole rings is 1. The van der Waals surface area contributed by atoms with Gasteiger partial charge in [-0.3, -0.25) is 24.1 Å². The smallest absolute Gasteiger partial charge is 0.293 e. The summed E-state index contributed by atoms with van der Waals surface area (Å²) in [5.41, 5.74) is 1.83. The Balaban J connectivity index is 1.39. The predicted octanol–water partition coefficient (Wildman–Crippen LogP) is 6.62. The molecule has 0 spiro atoms. The van der Waals surface area contributed by atoms with Gasteiger partial charge < -0.3 is 13.9 Å². The van der Waals surface area contributed by atoms with Gasteiger partial charge in [-0.25, -0.2) is 4.98 Å². The molecule has 11 heteroatoms. The zero-order valence-corrected chi connectivity index (χ0v) is 26.3. The van der Waals surface area contributed by atoms with Crippen LogP contribution in [0.15, 0.2) is 56.0 Å². The van der Waals surface area contributed by atoms with Crippen molar-refractivity contribution in [1.82, 2.24) is 19.4 Å². The fraction of sp³-hybridized carbons (Fsp3) is 0.406. The fourth-order valence-electron chi connectivity index (χ4n) is 4.67. The lowest BCUT2D eigenvalue weighted by atomic mass is 10.1. The average Bonchev–Trinajstić information content (AvgIpc) is 3.64. The number of fused-ring (bicyclic) bond motifs is 1. The number of aromatic nitrogens is 2. The van der Waals surface area contributed by atoms with E-state index in [0.29, 0.717) is 41.6 Å². The summed E-state index contributed by atoms with van der Waals surface area (Å²) in [5.74, 6) is 2.57. The molecule has 0 bridgehead atoms. The van der Waals surface area contributed by atoms with Crippen LogP contribution in [0.1, 0.15) is 65.1 Å². The van der Waals surface area contributed by atoms with Gasteiger partial charge in [0.25, 0.3) is 11.1 Å². The number of unbranched alkanes of at least 4 members (excludes halogenated alkanes) is 2. The quantitative estimate of drug-likeness (QED) is 0.106. The molecule has 0 saturated carbocycles. The highest BCUT2D eigenvalue weighted by atomic mass is 32.2. The molecule has 0 atom stereocenters. The third kappa shape index (κ3) is 8.21. The standard InChI is InChI=1S/C32H36N4O5S2/c1-5-7-15-28(38)34(18-6-2)21-23(37)12-10-11-19-35-26-14-9-8-13-25(26)33-31(35)43-29-17-16-24(41-29)20-27-30(39)36(22(3)4)32(40)42-27/h2,8-9,13-14,16-17,20,22H,5,7,10-12,15,18-19,21H2,1,3-4H3/b27-20-. The van der Waals surface area contributed by atoms with E-state index >= 15 is 0 Å². The molecule has 9 nitrogen and oxygen atoms in total. The van der Waals surface area contributed by atoms with Crippen molar-refractivity contribution in [2.75, 3.05) is 13.1 Å². The SMILES string of the molecule is C#CCN(CC(=O)CCCCn1c(Sc2ccc(/C=C3\SC(=O)N(C(C)C)C3=O)o2)nc2ccccc21)C(=O)CCCC. The van der Waals surface area contributed by atoms with Crippen LogP contribution >= 0.6 is 23.5 Å². The van der Waals surface area contributed by atoms with Crippen molar-refractivity contribution in [1.29, 1.82) is 0 Å². The highest BCUT2D eigenvalue weighted by Crippen LogP contribution is 2.36. The number of benzene rings is 1. The second-order valence-electron chi connectivity index (χ2n) is 10.5. The lowest BCUT2D eigenvalue weighted by Crippen LogP contribution is -2.35. The fourth-order valence-corrected chi connectivity index (χ4v) is 6.51. The molecule has 3 heterocycles. The lowest BCUT2D eigenvalue weighted by Gasteiger charge is -2.19. The molecular formula is C32H36N4O5S2. The highest BCUT2D eigenvalue weighted by Gasteiger charge is 2.36. The van der Waals surface area contributed by atoms with Crippen molar-refractivity contribution < 1.29 is 23.6 Å². The van der Waals surface area contributed by atoms with E-state index in [0.717, 1.165) is 47.2 Å². The molecule has 2 aromatic heterocycles. The van der Waals surface area contributed by atoms with Crippen LogP contribution in [0.3, 0.4) is 0 Å². The second-order valence-corrected chi connectivity index (χ2v) is 12.5. The maximum absolute atomic E-state index is 12.7. The summed E-state index contributed by atoms with van der Waals surface area (Å²) < 4.78 is 8.10. The molecule has 1 aliphatic heterocycles. The molecule has 3 amide bonds. The number of furan rings is 1. The number of ketones is 1. The van der Waals surface area contributed by atoms with Gasteiger partial charge in [-0.1, -0.05) is 31.4 Å². The van der Waals surface area contributed by atoms with Crippen LogP contribution < -0.4 is 0 Å². The van der Waals surface area contributed by atoms with Crippen LogP contribution in [0.25, 0.3) is 17.1 Å². The average molecular weight is 621 g/mol. The Morgan fingerprint density at radius 3 is 2.65 bits per heavy atom. The number of Topliss-reactive ketones (excluding diaryl/α,β-unsaturated/α-hetero) is 1. The number of hydrogen-bond donors (Lipinski definition) is 0. The van der Waals surface area contributed by atoms with Gasteiger partial charge in [0.15, 0.2) is 16.0 Å². The summed E-state index contributed by atoms with van der Waals surface area (Å²) in [7, 11) is 0. The third-order valence-electron chi connectivity index (χ3n) is 6.86. The van der Waals surface area contributed by atoms with E-state index in [1.807, 2.05) is 37.3 Å². The van der Waals surface area contributed by atoms with Gasteiger partial charge in [-0.05, 0) is 80.9 Å². The number of terminal acetylenes is 1. The van der Waals surface area contributed by atoms with Crippen molar-refractivity contribution >= 4 is 63.5 Å². The van der Waals surface area contributed by atoms with Crippen molar-refractivity contribution in [3.05, 3.63) is 47.1 Å². The predicted molar refractivity (Wildman–Crippen MR) is 169 cm³/mol. The molecule has 0 radical (unpaired) electrons. The zero-order chi connectivity index (χ0) is 30.9. The molecule has 43 heavy (non-hydrogen) atoms. The molecule has 226 valence electrons. The first-order chi connectivity index (χ1) is 20.7. The number of para-hydroxylation sites is 2. The van der Waals surface area contributed by atoms with Crippen LogP contribution in [-0.4, -0.2) is 61.3 Å². The van der Waals surface area contributed by atoms with Crippen LogP contribution in [-0.2, 0) is 20.9 Å².